The number of rotatable bonds is 7. The Hall–Kier alpha value is -2.67. The van der Waals surface area contributed by atoms with E-state index in [1.165, 1.54) is 12.1 Å². The molecule has 0 aromatic heterocycles. The second-order valence-electron chi connectivity index (χ2n) is 8.13. The summed E-state index contributed by atoms with van der Waals surface area (Å²) in [6.07, 6.45) is 0.926. The molecular formula is C23H25F2NO4. The molecule has 4 rings (SSSR count). The molecule has 2 aromatic carbocycles. The molecule has 0 amide bonds. The van der Waals surface area contributed by atoms with Crippen LogP contribution in [0.25, 0.3) is 11.1 Å². The maximum Gasteiger partial charge on any atom is 0.310 e. The van der Waals surface area contributed by atoms with Gasteiger partial charge in [-0.15, -0.1) is 0 Å². The molecule has 2 aliphatic heterocycles. The van der Waals surface area contributed by atoms with Crippen molar-refractivity contribution in [2.45, 2.75) is 19.3 Å². The van der Waals surface area contributed by atoms with Crippen LogP contribution >= 0.6 is 0 Å². The molecule has 7 heteroatoms. The van der Waals surface area contributed by atoms with Crippen LogP contribution in [0.3, 0.4) is 0 Å². The number of hydrogen-bond donors (Lipinski definition) is 1. The molecule has 30 heavy (non-hydrogen) atoms. The molecule has 1 atom stereocenters. The highest BCUT2D eigenvalue weighted by Gasteiger charge is 2.33. The van der Waals surface area contributed by atoms with Crippen LogP contribution in [0.1, 0.15) is 18.9 Å². The second kappa shape index (κ2) is 8.22. The van der Waals surface area contributed by atoms with Gasteiger partial charge in [-0.1, -0.05) is 12.1 Å². The Bertz CT molecular complexity index is 916. The third-order valence-corrected chi connectivity index (χ3v) is 5.74. The van der Waals surface area contributed by atoms with Gasteiger partial charge in [-0.3, -0.25) is 4.79 Å². The molecule has 0 saturated carbocycles. The first-order chi connectivity index (χ1) is 14.3. The summed E-state index contributed by atoms with van der Waals surface area (Å²) in [6, 6.07) is 12.0. The SMILES string of the molecule is CC(F)(F)c1ccc(OCC2CCOC2)c(-c2cccc(N3CC(C(=O)O)C3)c2)c1. The fourth-order valence-electron chi connectivity index (χ4n) is 3.79. The second-order valence-corrected chi connectivity index (χ2v) is 8.13. The van der Waals surface area contributed by atoms with Gasteiger partial charge in [-0.25, -0.2) is 8.78 Å². The summed E-state index contributed by atoms with van der Waals surface area (Å²) < 4.78 is 39.4. The van der Waals surface area contributed by atoms with Gasteiger partial charge in [0.25, 0.3) is 5.92 Å². The maximum absolute atomic E-state index is 14.0. The highest BCUT2D eigenvalue weighted by Crippen LogP contribution is 2.38. The summed E-state index contributed by atoms with van der Waals surface area (Å²) in [6.45, 7) is 3.60. The summed E-state index contributed by atoms with van der Waals surface area (Å²) in [7, 11) is 0. The number of anilines is 1. The van der Waals surface area contributed by atoms with E-state index >= 15 is 0 Å². The third kappa shape index (κ3) is 4.41. The minimum absolute atomic E-state index is 0.0747. The first-order valence-electron chi connectivity index (χ1n) is 10.1. The van der Waals surface area contributed by atoms with E-state index < -0.39 is 11.9 Å². The van der Waals surface area contributed by atoms with Crippen LogP contribution in [-0.4, -0.2) is 44.0 Å². The maximum atomic E-state index is 14.0. The van der Waals surface area contributed by atoms with Gasteiger partial charge in [0.2, 0.25) is 0 Å². The molecule has 5 nitrogen and oxygen atoms in total. The van der Waals surface area contributed by atoms with E-state index in [0.717, 1.165) is 31.2 Å². The molecule has 2 aliphatic rings. The van der Waals surface area contributed by atoms with E-state index in [2.05, 4.69) is 0 Å². The number of alkyl halides is 2. The molecule has 2 heterocycles. The quantitative estimate of drug-likeness (QED) is 0.724. The summed E-state index contributed by atoms with van der Waals surface area (Å²) >= 11 is 0. The number of benzene rings is 2. The first-order valence-corrected chi connectivity index (χ1v) is 10.1. The molecule has 1 unspecified atom stereocenters. The number of aliphatic carboxylic acids is 1. The van der Waals surface area contributed by atoms with Crippen molar-refractivity contribution in [1.29, 1.82) is 0 Å². The molecule has 2 fully saturated rings. The lowest BCUT2D eigenvalue weighted by molar-refractivity contribution is -0.142. The van der Waals surface area contributed by atoms with Crippen molar-refractivity contribution in [3.63, 3.8) is 0 Å². The predicted octanol–water partition coefficient (Wildman–Crippen LogP) is 4.40. The minimum atomic E-state index is -2.96. The molecule has 0 radical (unpaired) electrons. The van der Waals surface area contributed by atoms with Crippen LogP contribution in [-0.2, 0) is 15.5 Å². The van der Waals surface area contributed by atoms with E-state index in [4.69, 9.17) is 14.6 Å². The number of carboxylic acid groups (broad SMARTS) is 1. The lowest BCUT2D eigenvalue weighted by Gasteiger charge is -2.38. The van der Waals surface area contributed by atoms with Crippen molar-refractivity contribution in [1.82, 2.24) is 0 Å². The van der Waals surface area contributed by atoms with Crippen LogP contribution in [0, 0.1) is 11.8 Å². The van der Waals surface area contributed by atoms with Crippen molar-refractivity contribution in [2.75, 3.05) is 37.8 Å². The zero-order valence-corrected chi connectivity index (χ0v) is 16.8. The largest absolute Gasteiger partial charge is 0.493 e. The summed E-state index contributed by atoms with van der Waals surface area (Å²) in [5, 5.41) is 9.10. The predicted molar refractivity (Wildman–Crippen MR) is 109 cm³/mol. The van der Waals surface area contributed by atoms with Crippen LogP contribution in [0.2, 0.25) is 0 Å². The zero-order valence-electron chi connectivity index (χ0n) is 16.8. The molecule has 0 aliphatic carbocycles. The van der Waals surface area contributed by atoms with Gasteiger partial charge >= 0.3 is 5.97 Å². The van der Waals surface area contributed by atoms with E-state index in [1.54, 1.807) is 6.07 Å². The van der Waals surface area contributed by atoms with E-state index in [0.29, 0.717) is 43.5 Å². The number of hydrogen-bond acceptors (Lipinski definition) is 4. The molecular weight excluding hydrogens is 392 g/mol. The monoisotopic (exact) mass is 417 g/mol. The Balaban J connectivity index is 1.62. The molecule has 1 N–H and O–H groups in total. The minimum Gasteiger partial charge on any atom is -0.493 e. The van der Waals surface area contributed by atoms with Crippen LogP contribution < -0.4 is 9.64 Å². The number of carbonyl (C=O) groups is 1. The lowest BCUT2D eigenvalue weighted by atomic mass is 9.96. The molecule has 2 aromatic rings. The Morgan fingerprint density at radius 2 is 2.07 bits per heavy atom. The highest BCUT2D eigenvalue weighted by atomic mass is 19.3. The lowest BCUT2D eigenvalue weighted by Crippen LogP contribution is -2.50. The van der Waals surface area contributed by atoms with Gasteiger partial charge in [-0.05, 0) is 42.3 Å². The van der Waals surface area contributed by atoms with Crippen molar-refractivity contribution in [3.05, 3.63) is 48.0 Å². The third-order valence-electron chi connectivity index (χ3n) is 5.74. The van der Waals surface area contributed by atoms with Crippen molar-refractivity contribution in [2.24, 2.45) is 11.8 Å². The Kier molecular flexibility index (Phi) is 5.64. The van der Waals surface area contributed by atoms with Gasteiger partial charge < -0.3 is 19.5 Å². The molecule has 0 bridgehead atoms. The summed E-state index contributed by atoms with van der Waals surface area (Å²) in [5.74, 6) is -3.28. The van der Waals surface area contributed by atoms with E-state index in [9.17, 15) is 13.6 Å². The first kappa shape index (κ1) is 20.6. The number of ether oxygens (including phenoxy) is 2. The van der Waals surface area contributed by atoms with Gasteiger partial charge in [0.1, 0.15) is 5.75 Å². The van der Waals surface area contributed by atoms with Gasteiger partial charge in [-0.2, -0.15) is 0 Å². The van der Waals surface area contributed by atoms with Crippen molar-refractivity contribution >= 4 is 11.7 Å². The smallest absolute Gasteiger partial charge is 0.310 e. The standard InChI is InChI=1S/C23H25F2NO4/c1-23(24,25)18-5-6-21(30-14-15-7-8-29-13-15)20(10-18)16-3-2-4-19(9-16)26-11-17(12-26)22(27)28/h2-6,9-10,15,17H,7-8,11-14H2,1H3,(H,27,28). The zero-order chi connectivity index (χ0) is 21.3. The van der Waals surface area contributed by atoms with Gasteiger partial charge in [0, 0.05) is 49.4 Å². The topological polar surface area (TPSA) is 59.0 Å². The highest BCUT2D eigenvalue weighted by molar-refractivity contribution is 5.77. The van der Waals surface area contributed by atoms with Crippen LogP contribution in [0.15, 0.2) is 42.5 Å². The summed E-state index contributed by atoms with van der Waals surface area (Å²) in [5.41, 5.74) is 2.16. The van der Waals surface area contributed by atoms with E-state index in [-0.39, 0.29) is 11.5 Å². The average Bonchev–Trinajstić information content (AvgIpc) is 3.18. The van der Waals surface area contributed by atoms with Crippen LogP contribution in [0.4, 0.5) is 14.5 Å². The normalized spacial score (nSPS) is 19.6. The fourth-order valence-corrected chi connectivity index (χ4v) is 3.79. The molecule has 2 saturated heterocycles. The molecule has 160 valence electrons. The Morgan fingerprint density at radius 1 is 1.27 bits per heavy atom. The number of nitrogens with zero attached hydrogens (tertiary/aromatic N) is 1. The van der Waals surface area contributed by atoms with Gasteiger partial charge in [0.15, 0.2) is 0 Å². The van der Waals surface area contributed by atoms with Crippen molar-refractivity contribution < 1.29 is 28.2 Å². The van der Waals surface area contributed by atoms with E-state index in [1.807, 2.05) is 29.2 Å². The van der Waals surface area contributed by atoms with Crippen molar-refractivity contribution in [3.8, 4) is 16.9 Å². The van der Waals surface area contributed by atoms with Crippen LogP contribution in [0.5, 0.6) is 5.75 Å². The number of carboxylic acids is 1. The average molecular weight is 417 g/mol. The fraction of sp³-hybridized carbons (Fsp3) is 0.435. The number of halogens is 2. The Morgan fingerprint density at radius 3 is 2.73 bits per heavy atom. The Labute approximate surface area is 174 Å². The summed E-state index contributed by atoms with van der Waals surface area (Å²) in [4.78, 5) is 13.0. The molecule has 0 spiro atoms. The van der Waals surface area contributed by atoms with Gasteiger partial charge in [0.05, 0.1) is 19.1 Å².